The first-order chi connectivity index (χ1) is 18.3. The van der Waals surface area contributed by atoms with Crippen molar-refractivity contribution in [2.75, 3.05) is 19.8 Å². The van der Waals surface area contributed by atoms with Gasteiger partial charge in [-0.25, -0.2) is 0 Å². The molecule has 0 aromatic carbocycles. The number of fused-ring (bicyclic) bond motifs is 3. The average Bonchev–Trinajstić information content (AvgIpc) is 2.81. The molecule has 5 rings (SSSR count). The third-order valence-electron chi connectivity index (χ3n) is 10.5. The fourth-order valence-corrected chi connectivity index (χ4v) is 9.34. The SMILES string of the molecule is CC(=O)O[C@@H]1C[C@@]23COCC(C2CCC2C3=CC(=O)C3C2CCC(CC(C)C)C3C(N)=O)[C@H]1OCC(C)(C)N. The Bertz CT molecular complexity index is 1020. The van der Waals surface area contributed by atoms with Crippen LogP contribution in [0, 0.1) is 52.8 Å². The van der Waals surface area contributed by atoms with Gasteiger partial charge < -0.3 is 25.7 Å². The first kappa shape index (κ1) is 28.7. The second-order valence-corrected chi connectivity index (χ2v) is 14.3. The number of ketones is 1. The number of ether oxygens (including phenoxy) is 3. The molecule has 1 saturated heterocycles. The summed E-state index contributed by atoms with van der Waals surface area (Å²) in [6.07, 6.45) is 6.48. The minimum Gasteiger partial charge on any atom is -0.460 e. The Morgan fingerprint density at radius 2 is 1.92 bits per heavy atom. The summed E-state index contributed by atoms with van der Waals surface area (Å²) in [4.78, 5) is 38.9. The molecule has 1 heterocycles. The molecule has 4 fully saturated rings. The molecule has 4 aliphatic carbocycles. The molecule has 0 aromatic rings. The Hall–Kier alpha value is -1.77. The quantitative estimate of drug-likeness (QED) is 0.470. The Kier molecular flexibility index (Phi) is 7.79. The summed E-state index contributed by atoms with van der Waals surface area (Å²) in [5.41, 5.74) is 12.5. The zero-order chi connectivity index (χ0) is 28.3. The van der Waals surface area contributed by atoms with Crippen LogP contribution in [-0.2, 0) is 28.6 Å². The first-order valence-electron chi connectivity index (χ1n) is 15.0. The van der Waals surface area contributed by atoms with Gasteiger partial charge in [-0.1, -0.05) is 19.4 Å². The molecule has 2 bridgehead atoms. The monoisotopic (exact) mass is 544 g/mol. The van der Waals surface area contributed by atoms with Gasteiger partial charge in [0, 0.05) is 29.7 Å². The maximum absolute atomic E-state index is 13.9. The van der Waals surface area contributed by atoms with Crippen molar-refractivity contribution < 1.29 is 28.6 Å². The molecular formula is C31H48N2O6. The van der Waals surface area contributed by atoms with Gasteiger partial charge in [0.25, 0.3) is 0 Å². The molecular weight excluding hydrogens is 496 g/mol. The predicted molar refractivity (Wildman–Crippen MR) is 146 cm³/mol. The van der Waals surface area contributed by atoms with Crippen LogP contribution in [0.3, 0.4) is 0 Å². The van der Waals surface area contributed by atoms with E-state index in [0.29, 0.717) is 32.2 Å². The van der Waals surface area contributed by atoms with Crippen molar-refractivity contribution in [1.82, 2.24) is 0 Å². The lowest BCUT2D eigenvalue weighted by molar-refractivity contribution is -0.226. The summed E-state index contributed by atoms with van der Waals surface area (Å²) in [6.45, 7) is 11.0. The predicted octanol–water partition coefficient (Wildman–Crippen LogP) is 3.40. The maximum Gasteiger partial charge on any atom is 0.302 e. The molecule has 7 unspecified atom stereocenters. The highest BCUT2D eigenvalue weighted by Crippen LogP contribution is 2.64. The number of rotatable bonds is 7. The van der Waals surface area contributed by atoms with Crippen molar-refractivity contribution in [2.24, 2.45) is 64.2 Å². The molecule has 0 aromatic heterocycles. The molecule has 1 aliphatic heterocycles. The lowest BCUT2D eigenvalue weighted by Crippen LogP contribution is -2.64. The second-order valence-electron chi connectivity index (χ2n) is 14.3. The van der Waals surface area contributed by atoms with E-state index in [1.165, 1.54) is 6.92 Å². The molecule has 39 heavy (non-hydrogen) atoms. The third kappa shape index (κ3) is 5.21. The summed E-state index contributed by atoms with van der Waals surface area (Å²) in [5.74, 6) is -0.0806. The highest BCUT2D eigenvalue weighted by Gasteiger charge is 2.64. The average molecular weight is 545 g/mol. The van der Waals surface area contributed by atoms with E-state index in [1.807, 2.05) is 19.9 Å². The van der Waals surface area contributed by atoms with Crippen LogP contribution in [-0.4, -0.2) is 55.2 Å². The lowest BCUT2D eigenvalue weighted by atomic mass is 9.45. The Balaban J connectivity index is 1.50. The van der Waals surface area contributed by atoms with Crippen molar-refractivity contribution in [3.8, 4) is 0 Å². The Morgan fingerprint density at radius 3 is 2.56 bits per heavy atom. The molecule has 0 spiro atoms. The highest BCUT2D eigenvalue weighted by molar-refractivity contribution is 5.97. The topological polar surface area (TPSA) is 131 Å². The van der Waals surface area contributed by atoms with E-state index in [-0.39, 0.29) is 64.7 Å². The van der Waals surface area contributed by atoms with Gasteiger partial charge in [0.2, 0.25) is 5.91 Å². The molecule has 8 nitrogen and oxygen atoms in total. The van der Waals surface area contributed by atoms with Gasteiger partial charge in [0.1, 0.15) is 6.10 Å². The fraction of sp³-hybridized carbons (Fsp3) is 0.839. The van der Waals surface area contributed by atoms with E-state index in [9.17, 15) is 14.4 Å². The van der Waals surface area contributed by atoms with Crippen molar-refractivity contribution in [3.63, 3.8) is 0 Å². The molecule has 1 amide bonds. The van der Waals surface area contributed by atoms with Crippen LogP contribution in [0.15, 0.2) is 11.6 Å². The molecule has 0 radical (unpaired) electrons. The number of hydrogen-bond donors (Lipinski definition) is 2. The second kappa shape index (κ2) is 10.6. The van der Waals surface area contributed by atoms with Gasteiger partial charge in [-0.3, -0.25) is 14.4 Å². The van der Waals surface area contributed by atoms with E-state index in [4.69, 9.17) is 25.7 Å². The zero-order valence-electron chi connectivity index (χ0n) is 24.3. The van der Waals surface area contributed by atoms with Gasteiger partial charge in [0.15, 0.2) is 5.78 Å². The van der Waals surface area contributed by atoms with Crippen molar-refractivity contribution in [3.05, 3.63) is 11.6 Å². The lowest BCUT2D eigenvalue weighted by Gasteiger charge is -2.63. The van der Waals surface area contributed by atoms with Gasteiger partial charge in [-0.05, 0) is 88.0 Å². The summed E-state index contributed by atoms with van der Waals surface area (Å²) in [5, 5.41) is 0. The molecule has 5 aliphatic rings. The van der Waals surface area contributed by atoms with Gasteiger partial charge >= 0.3 is 5.97 Å². The van der Waals surface area contributed by atoms with E-state index < -0.39 is 17.6 Å². The molecule has 10 atom stereocenters. The fourth-order valence-electron chi connectivity index (χ4n) is 9.34. The van der Waals surface area contributed by atoms with Gasteiger partial charge in [-0.2, -0.15) is 0 Å². The first-order valence-corrected chi connectivity index (χ1v) is 15.0. The Labute approximate surface area is 232 Å². The van der Waals surface area contributed by atoms with Crippen LogP contribution in [0.4, 0.5) is 0 Å². The minimum absolute atomic E-state index is 0.0490. The maximum atomic E-state index is 13.9. The van der Waals surface area contributed by atoms with E-state index in [0.717, 1.165) is 37.7 Å². The van der Waals surface area contributed by atoms with Crippen LogP contribution in [0.1, 0.15) is 73.1 Å². The van der Waals surface area contributed by atoms with Crippen LogP contribution in [0.5, 0.6) is 0 Å². The van der Waals surface area contributed by atoms with Crippen LogP contribution >= 0.6 is 0 Å². The molecule has 3 saturated carbocycles. The summed E-state index contributed by atoms with van der Waals surface area (Å²) in [6, 6.07) is 0. The number of carbonyl (C=O) groups excluding carboxylic acids is 3. The van der Waals surface area contributed by atoms with Crippen molar-refractivity contribution in [2.45, 2.75) is 90.9 Å². The van der Waals surface area contributed by atoms with E-state index >= 15 is 0 Å². The van der Waals surface area contributed by atoms with Gasteiger partial charge in [-0.15, -0.1) is 0 Å². The summed E-state index contributed by atoms with van der Waals surface area (Å²) < 4.78 is 18.6. The molecule has 218 valence electrons. The summed E-state index contributed by atoms with van der Waals surface area (Å²) >= 11 is 0. The van der Waals surface area contributed by atoms with E-state index in [1.54, 1.807) is 0 Å². The minimum atomic E-state index is -0.513. The number of primary amides is 1. The molecule has 8 heteroatoms. The van der Waals surface area contributed by atoms with Crippen molar-refractivity contribution in [1.29, 1.82) is 0 Å². The van der Waals surface area contributed by atoms with E-state index in [2.05, 4.69) is 13.8 Å². The Morgan fingerprint density at radius 1 is 1.18 bits per heavy atom. The number of amides is 1. The third-order valence-corrected chi connectivity index (χ3v) is 10.5. The standard InChI is InChI=1S/C31H48N2O6/c1-16(2)10-18-6-7-20-19-8-9-22-21-13-37-15-31(22,23(19)11-24(35)27(20)26(18)29(32)36)12-25(39-17(3)34)28(21)38-14-30(4,5)33/h11,16,18-22,25-28H,6-10,12-15,33H2,1-5H3,(H2,32,36)/t18?,19?,20?,21?,22?,25-,26?,27?,28-,31-/m1/s1. The smallest absolute Gasteiger partial charge is 0.302 e. The van der Waals surface area contributed by atoms with Crippen LogP contribution in [0.2, 0.25) is 0 Å². The van der Waals surface area contributed by atoms with Crippen molar-refractivity contribution >= 4 is 17.7 Å². The zero-order valence-corrected chi connectivity index (χ0v) is 24.3. The van der Waals surface area contributed by atoms with Crippen LogP contribution in [0.25, 0.3) is 0 Å². The summed E-state index contributed by atoms with van der Waals surface area (Å²) in [7, 11) is 0. The number of nitrogens with two attached hydrogens (primary N) is 2. The van der Waals surface area contributed by atoms with Crippen LogP contribution < -0.4 is 11.5 Å². The number of allylic oxidation sites excluding steroid dienone is 1. The number of esters is 1. The number of hydrogen-bond acceptors (Lipinski definition) is 7. The number of carbonyl (C=O) groups is 3. The highest BCUT2D eigenvalue weighted by atomic mass is 16.6. The largest absolute Gasteiger partial charge is 0.460 e. The molecule has 4 N–H and O–H groups in total. The normalized spacial score (nSPS) is 41.7. The van der Waals surface area contributed by atoms with Gasteiger partial charge in [0.05, 0.1) is 31.8 Å².